The summed E-state index contributed by atoms with van der Waals surface area (Å²) >= 11 is 0. The van der Waals surface area contributed by atoms with Crippen LogP contribution in [0.3, 0.4) is 0 Å². The first kappa shape index (κ1) is 20.7. The highest BCUT2D eigenvalue weighted by molar-refractivity contribution is 6.04. The molecule has 0 fully saturated rings. The molecule has 4 N–H and O–H groups in total. The highest BCUT2D eigenvalue weighted by Crippen LogP contribution is 2.18. The van der Waals surface area contributed by atoms with Crippen molar-refractivity contribution in [2.45, 2.75) is 19.9 Å². The Morgan fingerprint density at radius 3 is 2.36 bits per heavy atom. The predicted molar refractivity (Wildman–Crippen MR) is 103 cm³/mol. The van der Waals surface area contributed by atoms with Gasteiger partial charge in [0.05, 0.1) is 6.04 Å². The molecule has 0 aromatic heterocycles. The molecule has 0 aliphatic heterocycles. The van der Waals surface area contributed by atoms with Crippen molar-refractivity contribution >= 4 is 29.9 Å². The van der Waals surface area contributed by atoms with Crippen LogP contribution in [0.4, 0.5) is 5.69 Å². The lowest BCUT2D eigenvalue weighted by Crippen LogP contribution is -2.34. The summed E-state index contributed by atoms with van der Waals surface area (Å²) in [6.45, 7) is 4.00. The van der Waals surface area contributed by atoms with Gasteiger partial charge in [0, 0.05) is 23.7 Å². The van der Waals surface area contributed by atoms with Crippen LogP contribution in [0.15, 0.2) is 54.6 Å². The van der Waals surface area contributed by atoms with E-state index in [-0.39, 0.29) is 36.2 Å². The molecule has 2 atom stereocenters. The number of nitrogens with two attached hydrogens (primary N) is 1. The minimum absolute atomic E-state index is 0. The standard InChI is InChI=1S/C19H23N3O2.ClH/c1-13(12-20)18(23)21-14(2)16-9-6-10-17(11-16)22-19(24)15-7-4-3-5-8-15;/h3-11,13-14H,12,20H2,1-2H3,(H,21,23)(H,22,24);1H. The SMILES string of the molecule is CC(CN)C(=O)NC(C)c1cccc(NC(=O)c2ccccc2)c1.Cl. The monoisotopic (exact) mass is 361 g/mol. The lowest BCUT2D eigenvalue weighted by Gasteiger charge is -2.18. The summed E-state index contributed by atoms with van der Waals surface area (Å²) in [5.74, 6) is -0.474. The van der Waals surface area contributed by atoms with Gasteiger partial charge in [-0.25, -0.2) is 0 Å². The zero-order valence-electron chi connectivity index (χ0n) is 14.4. The third-order valence-corrected chi connectivity index (χ3v) is 3.84. The summed E-state index contributed by atoms with van der Waals surface area (Å²) in [5, 5.41) is 5.80. The lowest BCUT2D eigenvalue weighted by molar-refractivity contribution is -0.124. The first-order valence-corrected chi connectivity index (χ1v) is 7.98. The second-order valence-electron chi connectivity index (χ2n) is 5.81. The molecule has 0 heterocycles. The fraction of sp³-hybridized carbons (Fsp3) is 0.263. The number of nitrogens with one attached hydrogen (secondary N) is 2. The lowest BCUT2D eigenvalue weighted by atomic mass is 10.1. The highest BCUT2D eigenvalue weighted by atomic mass is 35.5. The van der Waals surface area contributed by atoms with E-state index in [1.54, 1.807) is 19.1 Å². The number of amides is 2. The van der Waals surface area contributed by atoms with Gasteiger partial charge in [0.2, 0.25) is 5.91 Å². The highest BCUT2D eigenvalue weighted by Gasteiger charge is 2.15. The zero-order valence-corrected chi connectivity index (χ0v) is 15.2. The van der Waals surface area contributed by atoms with Crippen molar-refractivity contribution in [1.29, 1.82) is 0 Å². The Morgan fingerprint density at radius 1 is 1.04 bits per heavy atom. The van der Waals surface area contributed by atoms with Gasteiger partial charge in [-0.05, 0) is 36.8 Å². The van der Waals surface area contributed by atoms with Gasteiger partial charge in [-0.1, -0.05) is 37.3 Å². The minimum Gasteiger partial charge on any atom is -0.349 e. The van der Waals surface area contributed by atoms with E-state index < -0.39 is 0 Å². The number of carbonyl (C=O) groups excluding carboxylic acids is 2. The smallest absolute Gasteiger partial charge is 0.255 e. The van der Waals surface area contributed by atoms with Crippen LogP contribution in [0.2, 0.25) is 0 Å². The Hall–Kier alpha value is -2.37. The molecule has 2 aromatic carbocycles. The molecule has 0 bridgehead atoms. The quantitative estimate of drug-likeness (QED) is 0.739. The predicted octanol–water partition coefficient (Wildman–Crippen LogP) is 3.13. The molecule has 0 aliphatic rings. The topological polar surface area (TPSA) is 84.2 Å². The molecule has 2 unspecified atom stereocenters. The maximum Gasteiger partial charge on any atom is 0.255 e. The number of hydrogen-bond acceptors (Lipinski definition) is 3. The van der Waals surface area contributed by atoms with E-state index in [2.05, 4.69) is 10.6 Å². The molecular weight excluding hydrogens is 338 g/mol. The number of hydrogen-bond donors (Lipinski definition) is 3. The fourth-order valence-electron chi connectivity index (χ4n) is 2.22. The van der Waals surface area contributed by atoms with Crippen LogP contribution < -0.4 is 16.4 Å². The molecule has 5 nitrogen and oxygen atoms in total. The summed E-state index contributed by atoms with van der Waals surface area (Å²) in [5.41, 5.74) is 7.72. The zero-order chi connectivity index (χ0) is 17.5. The molecule has 2 rings (SSSR count). The van der Waals surface area contributed by atoms with Crippen molar-refractivity contribution in [2.75, 3.05) is 11.9 Å². The summed E-state index contributed by atoms with van der Waals surface area (Å²) in [6.07, 6.45) is 0. The third kappa shape index (κ3) is 5.89. The van der Waals surface area contributed by atoms with Gasteiger partial charge in [0.1, 0.15) is 0 Å². The number of carbonyl (C=O) groups is 2. The second kappa shape index (κ2) is 9.81. The van der Waals surface area contributed by atoms with E-state index in [1.165, 1.54) is 0 Å². The number of halogens is 1. The molecule has 25 heavy (non-hydrogen) atoms. The Labute approximate surface area is 154 Å². The molecule has 6 heteroatoms. The van der Waals surface area contributed by atoms with Crippen LogP contribution in [-0.2, 0) is 4.79 Å². The molecule has 0 saturated carbocycles. The van der Waals surface area contributed by atoms with Gasteiger partial charge in [-0.15, -0.1) is 12.4 Å². The van der Waals surface area contributed by atoms with Crippen molar-refractivity contribution < 1.29 is 9.59 Å². The van der Waals surface area contributed by atoms with Crippen molar-refractivity contribution in [2.24, 2.45) is 11.7 Å². The maximum atomic E-state index is 12.2. The van der Waals surface area contributed by atoms with Gasteiger partial charge in [0.15, 0.2) is 0 Å². The van der Waals surface area contributed by atoms with E-state index in [1.807, 2.05) is 49.4 Å². The summed E-state index contributed by atoms with van der Waals surface area (Å²) in [4.78, 5) is 24.2. The largest absolute Gasteiger partial charge is 0.349 e. The van der Waals surface area contributed by atoms with E-state index >= 15 is 0 Å². The van der Waals surface area contributed by atoms with Gasteiger partial charge >= 0.3 is 0 Å². The van der Waals surface area contributed by atoms with Crippen LogP contribution >= 0.6 is 12.4 Å². The third-order valence-electron chi connectivity index (χ3n) is 3.84. The van der Waals surface area contributed by atoms with Gasteiger partial charge in [-0.2, -0.15) is 0 Å². The van der Waals surface area contributed by atoms with Crippen LogP contribution in [0.1, 0.15) is 35.8 Å². The van der Waals surface area contributed by atoms with Gasteiger partial charge in [-0.3, -0.25) is 9.59 Å². The van der Waals surface area contributed by atoms with Crippen molar-refractivity contribution in [3.05, 3.63) is 65.7 Å². The molecule has 0 spiro atoms. The average molecular weight is 362 g/mol. The molecule has 0 saturated heterocycles. The fourth-order valence-corrected chi connectivity index (χ4v) is 2.22. The van der Waals surface area contributed by atoms with Crippen LogP contribution in [0.25, 0.3) is 0 Å². The van der Waals surface area contributed by atoms with Crippen LogP contribution in [0.5, 0.6) is 0 Å². The van der Waals surface area contributed by atoms with Crippen molar-refractivity contribution in [3.8, 4) is 0 Å². The second-order valence-corrected chi connectivity index (χ2v) is 5.81. The normalized spacial score (nSPS) is 12.4. The molecular formula is C19H24ClN3O2. The number of rotatable bonds is 6. The van der Waals surface area contributed by atoms with Crippen molar-refractivity contribution in [3.63, 3.8) is 0 Å². The Bertz CT molecular complexity index is 707. The molecule has 134 valence electrons. The van der Waals surface area contributed by atoms with E-state index in [9.17, 15) is 9.59 Å². The van der Waals surface area contributed by atoms with E-state index in [0.717, 1.165) is 5.56 Å². The summed E-state index contributed by atoms with van der Waals surface area (Å²) in [7, 11) is 0. The Morgan fingerprint density at radius 2 is 1.72 bits per heavy atom. The first-order valence-electron chi connectivity index (χ1n) is 7.98. The maximum absolute atomic E-state index is 12.2. The first-order chi connectivity index (χ1) is 11.5. The van der Waals surface area contributed by atoms with E-state index in [4.69, 9.17) is 5.73 Å². The molecule has 2 amide bonds. The minimum atomic E-state index is -0.228. The average Bonchev–Trinajstić information content (AvgIpc) is 2.61. The summed E-state index contributed by atoms with van der Waals surface area (Å²) in [6, 6.07) is 16.3. The van der Waals surface area contributed by atoms with Gasteiger partial charge < -0.3 is 16.4 Å². The van der Waals surface area contributed by atoms with E-state index in [0.29, 0.717) is 17.8 Å². The molecule has 0 radical (unpaired) electrons. The van der Waals surface area contributed by atoms with Crippen LogP contribution in [0, 0.1) is 5.92 Å². The van der Waals surface area contributed by atoms with Crippen molar-refractivity contribution in [1.82, 2.24) is 5.32 Å². The number of anilines is 1. The Kier molecular flexibility index (Phi) is 8.11. The molecule has 0 aliphatic carbocycles. The summed E-state index contributed by atoms with van der Waals surface area (Å²) < 4.78 is 0. The molecule has 2 aromatic rings. The van der Waals surface area contributed by atoms with Crippen LogP contribution in [-0.4, -0.2) is 18.4 Å². The number of benzene rings is 2. The van der Waals surface area contributed by atoms with Gasteiger partial charge in [0.25, 0.3) is 5.91 Å². The Balaban J connectivity index is 0.00000312.